The number of carbonyl (C=O) groups is 2. The molecule has 142 valence electrons. The lowest BCUT2D eigenvalue weighted by Crippen LogP contribution is -2.44. The summed E-state index contributed by atoms with van der Waals surface area (Å²) in [5.74, 6) is 0.213. The van der Waals surface area contributed by atoms with Crippen molar-refractivity contribution in [2.45, 2.75) is 33.6 Å². The van der Waals surface area contributed by atoms with Gasteiger partial charge in [-0.05, 0) is 63.4 Å². The van der Waals surface area contributed by atoms with Gasteiger partial charge >= 0.3 is 0 Å². The number of likely N-dealkylation sites (tertiary alicyclic amines) is 1. The molecule has 27 heavy (non-hydrogen) atoms. The van der Waals surface area contributed by atoms with Crippen molar-refractivity contribution in [1.29, 1.82) is 0 Å². The summed E-state index contributed by atoms with van der Waals surface area (Å²) in [6, 6.07) is 15.8. The van der Waals surface area contributed by atoms with Crippen LogP contribution >= 0.6 is 0 Å². The highest BCUT2D eigenvalue weighted by Crippen LogP contribution is 2.25. The third kappa shape index (κ3) is 4.38. The summed E-state index contributed by atoms with van der Waals surface area (Å²) in [5.41, 5.74) is 3.98. The number of hydrogen-bond donors (Lipinski definition) is 0. The Morgan fingerprint density at radius 2 is 1.67 bits per heavy atom. The molecular formula is C23H28N2O2. The van der Waals surface area contributed by atoms with Crippen LogP contribution < -0.4 is 4.90 Å². The number of aryl methyl sites for hydroxylation is 2. The SMILES string of the molecule is CCN(C(=O)C1CCN(C(=O)c2ccc(C)cc2)CC1)c1cccc(C)c1. The van der Waals surface area contributed by atoms with E-state index in [0.717, 1.165) is 35.2 Å². The molecule has 1 saturated heterocycles. The zero-order valence-corrected chi connectivity index (χ0v) is 16.4. The van der Waals surface area contributed by atoms with Crippen molar-refractivity contribution in [2.75, 3.05) is 24.5 Å². The molecule has 0 spiro atoms. The first-order valence-corrected chi connectivity index (χ1v) is 9.73. The van der Waals surface area contributed by atoms with E-state index in [2.05, 4.69) is 6.07 Å². The number of carbonyl (C=O) groups excluding carboxylic acids is 2. The Morgan fingerprint density at radius 3 is 2.26 bits per heavy atom. The minimum atomic E-state index is -0.0208. The third-order valence-corrected chi connectivity index (χ3v) is 5.33. The topological polar surface area (TPSA) is 40.6 Å². The number of amides is 2. The summed E-state index contributed by atoms with van der Waals surface area (Å²) in [6.45, 7) is 7.99. The minimum absolute atomic E-state index is 0.0208. The van der Waals surface area contributed by atoms with E-state index in [-0.39, 0.29) is 17.7 Å². The molecule has 0 atom stereocenters. The standard InChI is InChI=1S/C23H28N2O2/c1-4-25(21-7-5-6-18(3)16-21)23(27)20-12-14-24(15-13-20)22(26)19-10-8-17(2)9-11-19/h5-11,16,20H,4,12-15H2,1-3H3. The van der Waals surface area contributed by atoms with Crippen molar-refractivity contribution >= 4 is 17.5 Å². The Hall–Kier alpha value is -2.62. The largest absolute Gasteiger partial charge is 0.339 e. The molecule has 4 nitrogen and oxygen atoms in total. The molecule has 0 aliphatic carbocycles. The summed E-state index contributed by atoms with van der Waals surface area (Å²) in [5, 5.41) is 0. The van der Waals surface area contributed by atoms with Gasteiger partial charge in [0.15, 0.2) is 0 Å². The van der Waals surface area contributed by atoms with Crippen LogP contribution in [0.1, 0.15) is 41.3 Å². The van der Waals surface area contributed by atoms with Gasteiger partial charge in [0.1, 0.15) is 0 Å². The average molecular weight is 364 g/mol. The molecular weight excluding hydrogens is 336 g/mol. The Labute approximate surface area is 161 Å². The lowest BCUT2D eigenvalue weighted by atomic mass is 9.94. The minimum Gasteiger partial charge on any atom is -0.339 e. The fourth-order valence-electron chi connectivity index (χ4n) is 3.69. The maximum atomic E-state index is 13.0. The van der Waals surface area contributed by atoms with Crippen molar-refractivity contribution in [2.24, 2.45) is 5.92 Å². The Balaban J connectivity index is 1.63. The molecule has 0 unspecified atom stereocenters. The summed E-state index contributed by atoms with van der Waals surface area (Å²) in [4.78, 5) is 29.5. The van der Waals surface area contributed by atoms with Gasteiger partial charge < -0.3 is 9.80 Å². The lowest BCUT2D eigenvalue weighted by molar-refractivity contribution is -0.123. The predicted molar refractivity (Wildman–Crippen MR) is 109 cm³/mol. The van der Waals surface area contributed by atoms with E-state index in [1.807, 2.05) is 73.0 Å². The monoisotopic (exact) mass is 364 g/mol. The fraction of sp³-hybridized carbons (Fsp3) is 0.391. The summed E-state index contributed by atoms with van der Waals surface area (Å²) >= 11 is 0. The molecule has 0 aromatic heterocycles. The molecule has 4 heteroatoms. The van der Waals surface area contributed by atoms with E-state index in [1.54, 1.807) is 0 Å². The van der Waals surface area contributed by atoms with Crippen LogP contribution in [0.15, 0.2) is 48.5 Å². The molecule has 3 rings (SSSR count). The molecule has 1 heterocycles. The number of anilines is 1. The van der Waals surface area contributed by atoms with E-state index < -0.39 is 0 Å². The van der Waals surface area contributed by atoms with Crippen molar-refractivity contribution in [3.8, 4) is 0 Å². The summed E-state index contributed by atoms with van der Waals surface area (Å²) in [7, 11) is 0. The van der Waals surface area contributed by atoms with Gasteiger partial charge in [-0.25, -0.2) is 0 Å². The van der Waals surface area contributed by atoms with Crippen LogP contribution in [0.4, 0.5) is 5.69 Å². The Kier molecular flexibility index (Phi) is 5.94. The zero-order chi connectivity index (χ0) is 19.4. The number of rotatable bonds is 4. The first kappa shape index (κ1) is 19.2. The third-order valence-electron chi connectivity index (χ3n) is 5.33. The van der Waals surface area contributed by atoms with E-state index >= 15 is 0 Å². The Bertz CT molecular complexity index is 805. The smallest absolute Gasteiger partial charge is 0.253 e. The molecule has 2 aromatic rings. The van der Waals surface area contributed by atoms with Gasteiger partial charge in [0.25, 0.3) is 5.91 Å². The van der Waals surface area contributed by atoms with Crippen LogP contribution in [-0.4, -0.2) is 36.3 Å². The van der Waals surface area contributed by atoms with Crippen LogP contribution in [0.25, 0.3) is 0 Å². The van der Waals surface area contributed by atoms with Crippen LogP contribution in [0.2, 0.25) is 0 Å². The van der Waals surface area contributed by atoms with Gasteiger partial charge in [0.2, 0.25) is 5.91 Å². The molecule has 0 bridgehead atoms. The highest BCUT2D eigenvalue weighted by atomic mass is 16.2. The number of piperidine rings is 1. The van der Waals surface area contributed by atoms with Crippen molar-refractivity contribution in [3.63, 3.8) is 0 Å². The number of benzene rings is 2. The van der Waals surface area contributed by atoms with E-state index in [9.17, 15) is 9.59 Å². The van der Waals surface area contributed by atoms with Gasteiger partial charge in [-0.3, -0.25) is 9.59 Å². The number of nitrogens with zero attached hydrogens (tertiary/aromatic N) is 2. The number of hydrogen-bond acceptors (Lipinski definition) is 2. The normalized spacial score (nSPS) is 14.9. The quantitative estimate of drug-likeness (QED) is 0.815. The molecule has 1 aliphatic rings. The molecule has 0 saturated carbocycles. The molecule has 2 aromatic carbocycles. The zero-order valence-electron chi connectivity index (χ0n) is 16.4. The van der Waals surface area contributed by atoms with Crippen LogP contribution in [0.5, 0.6) is 0 Å². The van der Waals surface area contributed by atoms with Crippen LogP contribution in [-0.2, 0) is 4.79 Å². The van der Waals surface area contributed by atoms with Gasteiger partial charge in [-0.1, -0.05) is 29.8 Å². The van der Waals surface area contributed by atoms with Crippen molar-refractivity contribution in [1.82, 2.24) is 4.90 Å². The van der Waals surface area contributed by atoms with E-state index in [1.165, 1.54) is 0 Å². The predicted octanol–water partition coefficient (Wildman–Crippen LogP) is 4.21. The maximum absolute atomic E-state index is 13.0. The maximum Gasteiger partial charge on any atom is 0.253 e. The van der Waals surface area contributed by atoms with E-state index in [4.69, 9.17) is 0 Å². The fourth-order valence-corrected chi connectivity index (χ4v) is 3.69. The van der Waals surface area contributed by atoms with Crippen LogP contribution in [0, 0.1) is 19.8 Å². The van der Waals surface area contributed by atoms with Crippen molar-refractivity contribution < 1.29 is 9.59 Å². The second kappa shape index (κ2) is 8.38. The molecule has 0 radical (unpaired) electrons. The summed E-state index contributed by atoms with van der Waals surface area (Å²) in [6.07, 6.45) is 1.44. The molecule has 1 fully saturated rings. The van der Waals surface area contributed by atoms with Gasteiger partial charge in [-0.15, -0.1) is 0 Å². The molecule has 1 aliphatic heterocycles. The first-order chi connectivity index (χ1) is 13.0. The lowest BCUT2D eigenvalue weighted by Gasteiger charge is -2.34. The van der Waals surface area contributed by atoms with E-state index in [0.29, 0.717) is 19.6 Å². The first-order valence-electron chi connectivity index (χ1n) is 9.73. The highest BCUT2D eigenvalue weighted by molar-refractivity contribution is 5.96. The van der Waals surface area contributed by atoms with Crippen molar-refractivity contribution in [3.05, 3.63) is 65.2 Å². The second-order valence-corrected chi connectivity index (χ2v) is 7.35. The van der Waals surface area contributed by atoms with Gasteiger partial charge in [-0.2, -0.15) is 0 Å². The Morgan fingerprint density at radius 1 is 1.00 bits per heavy atom. The molecule has 0 N–H and O–H groups in total. The molecule has 2 amide bonds. The van der Waals surface area contributed by atoms with Gasteiger partial charge in [0.05, 0.1) is 0 Å². The second-order valence-electron chi connectivity index (χ2n) is 7.35. The van der Waals surface area contributed by atoms with Crippen LogP contribution in [0.3, 0.4) is 0 Å². The average Bonchev–Trinajstić information content (AvgIpc) is 2.69. The highest BCUT2D eigenvalue weighted by Gasteiger charge is 2.30. The summed E-state index contributed by atoms with van der Waals surface area (Å²) < 4.78 is 0. The van der Waals surface area contributed by atoms with Gasteiger partial charge in [0, 0.05) is 36.8 Å².